The van der Waals surface area contributed by atoms with E-state index in [1.54, 1.807) is 18.2 Å². The Bertz CT molecular complexity index is 474. The molecule has 0 unspecified atom stereocenters. The van der Waals surface area contributed by atoms with Gasteiger partial charge in [0.05, 0.1) is 5.69 Å². The molecule has 0 atom stereocenters. The molecular formula is C13H15F3N2. The van der Waals surface area contributed by atoms with Crippen molar-refractivity contribution < 1.29 is 13.2 Å². The number of alkyl halides is 3. The Hall–Kier alpha value is -1.78. The van der Waals surface area contributed by atoms with E-state index in [1.165, 1.54) is 0 Å². The highest BCUT2D eigenvalue weighted by Gasteiger charge is 2.29. The molecule has 0 heterocycles. The molecule has 18 heavy (non-hydrogen) atoms. The van der Waals surface area contributed by atoms with Crippen LogP contribution in [-0.4, -0.2) is 12.4 Å². The lowest BCUT2D eigenvalue weighted by atomic mass is 10.1. The average molecular weight is 256 g/mol. The van der Waals surface area contributed by atoms with Gasteiger partial charge in [0.2, 0.25) is 0 Å². The molecule has 0 aliphatic rings. The third-order valence-corrected chi connectivity index (χ3v) is 2.50. The van der Waals surface area contributed by atoms with Crippen molar-refractivity contribution >= 4 is 17.6 Å². The summed E-state index contributed by atoms with van der Waals surface area (Å²) in [5.41, 5.74) is 7.23. The van der Waals surface area contributed by atoms with Crippen LogP contribution in [-0.2, 0) is 6.42 Å². The summed E-state index contributed by atoms with van der Waals surface area (Å²) in [5.74, 6) is 0. The van der Waals surface area contributed by atoms with Gasteiger partial charge in [0.25, 0.3) is 0 Å². The van der Waals surface area contributed by atoms with E-state index in [4.69, 9.17) is 5.73 Å². The number of aliphatic imine (C=N–C) groups is 1. The third-order valence-electron chi connectivity index (χ3n) is 2.50. The maximum absolute atomic E-state index is 12.2. The number of benzene rings is 1. The van der Waals surface area contributed by atoms with E-state index in [1.807, 2.05) is 6.92 Å². The SMILES string of the molecule is CCc1cc(N=C/C=C(\C)C(F)(F)F)ccc1N. The molecule has 0 aromatic heterocycles. The van der Waals surface area contributed by atoms with Gasteiger partial charge >= 0.3 is 6.18 Å². The number of hydrogen-bond donors (Lipinski definition) is 1. The summed E-state index contributed by atoms with van der Waals surface area (Å²) in [4.78, 5) is 3.95. The molecule has 1 aromatic carbocycles. The van der Waals surface area contributed by atoms with E-state index < -0.39 is 11.7 Å². The first-order chi connectivity index (χ1) is 8.34. The molecule has 1 aromatic rings. The zero-order valence-electron chi connectivity index (χ0n) is 10.3. The zero-order valence-corrected chi connectivity index (χ0v) is 10.3. The molecular weight excluding hydrogens is 241 g/mol. The number of nitrogens with zero attached hydrogens (tertiary/aromatic N) is 1. The Labute approximate surface area is 104 Å². The maximum Gasteiger partial charge on any atom is 0.412 e. The molecule has 2 nitrogen and oxygen atoms in total. The van der Waals surface area contributed by atoms with Gasteiger partial charge in [-0.15, -0.1) is 0 Å². The number of rotatable bonds is 3. The molecule has 0 fully saturated rings. The first-order valence-electron chi connectivity index (χ1n) is 5.51. The van der Waals surface area contributed by atoms with Crippen LogP contribution in [0, 0.1) is 0 Å². The minimum Gasteiger partial charge on any atom is -0.399 e. The molecule has 2 N–H and O–H groups in total. The van der Waals surface area contributed by atoms with Gasteiger partial charge in [0.1, 0.15) is 0 Å². The Morgan fingerprint density at radius 2 is 2.06 bits per heavy atom. The molecule has 98 valence electrons. The summed E-state index contributed by atoms with van der Waals surface area (Å²) in [6.45, 7) is 2.96. The van der Waals surface area contributed by atoms with E-state index in [-0.39, 0.29) is 0 Å². The van der Waals surface area contributed by atoms with Gasteiger partial charge in [-0.05, 0) is 43.2 Å². The van der Waals surface area contributed by atoms with E-state index in [9.17, 15) is 13.2 Å². The summed E-state index contributed by atoms with van der Waals surface area (Å²) >= 11 is 0. The summed E-state index contributed by atoms with van der Waals surface area (Å²) in [5, 5.41) is 0. The lowest BCUT2D eigenvalue weighted by Gasteiger charge is -2.04. The zero-order chi connectivity index (χ0) is 13.8. The molecule has 0 aliphatic heterocycles. The number of allylic oxidation sites excluding steroid dienone is 2. The fourth-order valence-electron chi connectivity index (χ4n) is 1.31. The minimum absolute atomic E-state index is 0.590. The highest BCUT2D eigenvalue weighted by molar-refractivity contribution is 5.76. The highest BCUT2D eigenvalue weighted by atomic mass is 19.4. The summed E-state index contributed by atoms with van der Waals surface area (Å²) < 4.78 is 36.6. The van der Waals surface area contributed by atoms with E-state index in [2.05, 4.69) is 4.99 Å². The quantitative estimate of drug-likeness (QED) is 0.643. The van der Waals surface area contributed by atoms with Crippen LogP contribution in [0.3, 0.4) is 0 Å². The number of halogens is 3. The first-order valence-corrected chi connectivity index (χ1v) is 5.51. The Morgan fingerprint density at radius 1 is 1.39 bits per heavy atom. The van der Waals surface area contributed by atoms with Gasteiger partial charge in [0.15, 0.2) is 0 Å². The summed E-state index contributed by atoms with van der Waals surface area (Å²) in [6, 6.07) is 5.14. The summed E-state index contributed by atoms with van der Waals surface area (Å²) in [7, 11) is 0. The van der Waals surface area contributed by atoms with Crippen molar-refractivity contribution in [2.75, 3.05) is 5.73 Å². The van der Waals surface area contributed by atoms with Crippen LogP contribution in [0.25, 0.3) is 0 Å². The number of nitrogens with two attached hydrogens (primary N) is 1. The van der Waals surface area contributed by atoms with Crippen LogP contribution in [0.1, 0.15) is 19.4 Å². The molecule has 0 aliphatic carbocycles. The summed E-state index contributed by atoms with van der Waals surface area (Å²) in [6.07, 6.45) is -1.45. The predicted octanol–water partition coefficient (Wildman–Crippen LogP) is 4.04. The molecule has 0 bridgehead atoms. The topological polar surface area (TPSA) is 38.4 Å². The Kier molecular flexibility index (Phi) is 4.53. The van der Waals surface area contributed by atoms with Crippen LogP contribution in [0.2, 0.25) is 0 Å². The predicted molar refractivity (Wildman–Crippen MR) is 68.2 cm³/mol. The van der Waals surface area contributed by atoms with Gasteiger partial charge in [0, 0.05) is 17.5 Å². The smallest absolute Gasteiger partial charge is 0.399 e. The van der Waals surface area contributed by atoms with Crippen LogP contribution < -0.4 is 5.73 Å². The van der Waals surface area contributed by atoms with Crippen molar-refractivity contribution in [1.29, 1.82) is 0 Å². The number of hydrogen-bond acceptors (Lipinski definition) is 2. The molecule has 0 spiro atoms. The lowest BCUT2D eigenvalue weighted by Crippen LogP contribution is -2.08. The fraction of sp³-hybridized carbons (Fsp3) is 0.308. The van der Waals surface area contributed by atoms with Crippen molar-refractivity contribution in [3.8, 4) is 0 Å². The van der Waals surface area contributed by atoms with E-state index in [0.717, 1.165) is 31.2 Å². The molecule has 0 amide bonds. The van der Waals surface area contributed by atoms with Gasteiger partial charge in [-0.2, -0.15) is 13.2 Å². The second kappa shape index (κ2) is 5.71. The highest BCUT2D eigenvalue weighted by Crippen LogP contribution is 2.24. The number of aryl methyl sites for hydroxylation is 1. The lowest BCUT2D eigenvalue weighted by molar-refractivity contribution is -0.0911. The van der Waals surface area contributed by atoms with E-state index in [0.29, 0.717) is 11.4 Å². The largest absolute Gasteiger partial charge is 0.412 e. The van der Waals surface area contributed by atoms with Crippen molar-refractivity contribution in [2.45, 2.75) is 26.4 Å². The third kappa shape index (κ3) is 3.91. The standard InChI is InChI=1S/C13H15F3N2/c1-3-10-8-11(4-5-12(10)17)18-7-6-9(2)13(14,15)16/h4-8H,3,17H2,1-2H3/b9-6+,18-7?. The average Bonchev–Trinajstić information content (AvgIpc) is 2.30. The van der Waals surface area contributed by atoms with Crippen LogP contribution >= 0.6 is 0 Å². The van der Waals surface area contributed by atoms with Crippen molar-refractivity contribution in [1.82, 2.24) is 0 Å². The number of nitrogen functional groups attached to an aromatic ring is 1. The molecule has 1 rings (SSSR count). The van der Waals surface area contributed by atoms with Crippen molar-refractivity contribution in [3.05, 3.63) is 35.4 Å². The maximum atomic E-state index is 12.2. The monoisotopic (exact) mass is 256 g/mol. The van der Waals surface area contributed by atoms with Gasteiger partial charge in [-0.3, -0.25) is 4.99 Å². The molecule has 0 radical (unpaired) electrons. The van der Waals surface area contributed by atoms with Gasteiger partial charge < -0.3 is 5.73 Å². The second-order valence-electron chi connectivity index (χ2n) is 3.86. The van der Waals surface area contributed by atoms with Crippen molar-refractivity contribution in [3.63, 3.8) is 0 Å². The molecule has 5 heteroatoms. The minimum atomic E-state index is -4.30. The second-order valence-corrected chi connectivity index (χ2v) is 3.86. The Morgan fingerprint density at radius 3 is 2.61 bits per heavy atom. The normalized spacial score (nSPS) is 13.3. The van der Waals surface area contributed by atoms with E-state index >= 15 is 0 Å². The first kappa shape index (κ1) is 14.3. The van der Waals surface area contributed by atoms with Crippen LogP contribution in [0.5, 0.6) is 0 Å². The van der Waals surface area contributed by atoms with Crippen molar-refractivity contribution in [2.24, 2.45) is 4.99 Å². The van der Waals surface area contributed by atoms with Gasteiger partial charge in [-0.1, -0.05) is 6.92 Å². The molecule has 0 saturated heterocycles. The molecule has 0 saturated carbocycles. The number of anilines is 1. The van der Waals surface area contributed by atoms with Gasteiger partial charge in [-0.25, -0.2) is 0 Å². The fourth-order valence-corrected chi connectivity index (χ4v) is 1.31. The van der Waals surface area contributed by atoms with Crippen LogP contribution in [0.4, 0.5) is 24.5 Å². The Balaban J connectivity index is 2.86. The van der Waals surface area contributed by atoms with Crippen LogP contribution in [0.15, 0.2) is 34.8 Å².